The van der Waals surface area contributed by atoms with Crippen LogP contribution in [0.15, 0.2) is 40.6 Å². The molecule has 0 radical (unpaired) electrons. The minimum atomic E-state index is -4.79. The Bertz CT molecular complexity index is 993. The van der Waals surface area contributed by atoms with Crippen molar-refractivity contribution in [1.29, 1.82) is 0 Å². The zero-order valence-corrected chi connectivity index (χ0v) is 13.4. The van der Waals surface area contributed by atoms with Gasteiger partial charge < -0.3 is 10.1 Å². The fraction of sp³-hybridized carbons (Fsp3) is 0.133. The summed E-state index contributed by atoms with van der Waals surface area (Å²) in [6.07, 6.45) is -3.62. The zero-order valence-electron chi connectivity index (χ0n) is 12.6. The summed E-state index contributed by atoms with van der Waals surface area (Å²) in [5, 5.41) is 4.18. The van der Waals surface area contributed by atoms with Gasteiger partial charge in [-0.3, -0.25) is 14.0 Å². The van der Waals surface area contributed by atoms with Crippen LogP contribution in [-0.2, 0) is 0 Å². The van der Waals surface area contributed by atoms with Crippen molar-refractivity contribution < 1.29 is 22.7 Å². The van der Waals surface area contributed by atoms with Crippen LogP contribution in [0.3, 0.4) is 0 Å². The maximum Gasteiger partial charge on any atom is 0.573 e. The van der Waals surface area contributed by atoms with E-state index in [-0.39, 0.29) is 11.3 Å². The third kappa shape index (κ3) is 3.63. The van der Waals surface area contributed by atoms with Crippen molar-refractivity contribution in [2.75, 3.05) is 5.32 Å². The fourth-order valence-electron chi connectivity index (χ4n) is 2.12. The maximum atomic E-state index is 12.4. The van der Waals surface area contributed by atoms with Crippen LogP contribution < -0.4 is 15.6 Å². The van der Waals surface area contributed by atoms with Crippen LogP contribution in [0.5, 0.6) is 5.75 Å². The summed E-state index contributed by atoms with van der Waals surface area (Å²) in [6.45, 7) is 1.72. The minimum Gasteiger partial charge on any atom is -0.406 e. The normalized spacial score (nSPS) is 11.5. The van der Waals surface area contributed by atoms with Gasteiger partial charge in [0.25, 0.3) is 11.5 Å². The number of alkyl halides is 3. The Morgan fingerprint density at radius 2 is 1.96 bits per heavy atom. The molecular formula is C15H10F3N3O3S. The lowest BCUT2D eigenvalue weighted by Crippen LogP contribution is -2.26. The van der Waals surface area contributed by atoms with Gasteiger partial charge in [-0.25, -0.2) is 4.98 Å². The van der Waals surface area contributed by atoms with E-state index in [4.69, 9.17) is 0 Å². The molecule has 0 fully saturated rings. The zero-order chi connectivity index (χ0) is 18.2. The lowest BCUT2D eigenvalue weighted by atomic mass is 10.2. The summed E-state index contributed by atoms with van der Waals surface area (Å²) < 4.78 is 41.4. The predicted octanol–water partition coefficient (Wildman–Crippen LogP) is 3.22. The number of nitrogens with one attached hydrogen (secondary N) is 1. The standard InChI is InChI=1S/C15H10F3N3O3S/c1-8-7-25-14-19-6-11(13(23)21(8)14)12(22)20-9-2-4-10(5-3-9)24-15(16,17)18/h2-7H,1H3,(H,20,22). The lowest BCUT2D eigenvalue weighted by Gasteiger charge is -2.10. The molecule has 0 unspecified atom stereocenters. The van der Waals surface area contributed by atoms with Gasteiger partial charge in [0.15, 0.2) is 4.96 Å². The Kier molecular flexibility index (Phi) is 4.21. The summed E-state index contributed by atoms with van der Waals surface area (Å²) in [6, 6.07) is 4.58. The number of anilines is 1. The number of hydrogen-bond donors (Lipinski definition) is 1. The highest BCUT2D eigenvalue weighted by Crippen LogP contribution is 2.24. The van der Waals surface area contributed by atoms with Gasteiger partial charge in [-0.1, -0.05) is 0 Å². The van der Waals surface area contributed by atoms with E-state index in [2.05, 4.69) is 15.0 Å². The number of aryl methyl sites for hydroxylation is 1. The van der Waals surface area contributed by atoms with Gasteiger partial charge in [0.05, 0.1) is 0 Å². The molecule has 0 bridgehead atoms. The first-order chi connectivity index (χ1) is 11.7. The molecule has 0 aliphatic heterocycles. The molecule has 0 atom stereocenters. The second kappa shape index (κ2) is 6.20. The molecule has 2 aromatic heterocycles. The molecule has 3 rings (SSSR count). The maximum absolute atomic E-state index is 12.4. The molecule has 1 amide bonds. The van der Waals surface area contributed by atoms with Gasteiger partial charge in [0.1, 0.15) is 11.3 Å². The average Bonchev–Trinajstić information content (AvgIpc) is 2.90. The van der Waals surface area contributed by atoms with Crippen molar-refractivity contribution >= 4 is 27.9 Å². The van der Waals surface area contributed by atoms with Crippen molar-refractivity contribution in [3.8, 4) is 5.75 Å². The molecule has 10 heteroatoms. The number of rotatable bonds is 3. The summed E-state index contributed by atoms with van der Waals surface area (Å²) in [7, 11) is 0. The molecular weight excluding hydrogens is 359 g/mol. The first-order valence-corrected chi connectivity index (χ1v) is 7.75. The van der Waals surface area contributed by atoms with Crippen molar-refractivity contribution in [3.63, 3.8) is 0 Å². The molecule has 0 aliphatic rings. The summed E-state index contributed by atoms with van der Waals surface area (Å²) >= 11 is 1.27. The molecule has 0 saturated heterocycles. The number of amides is 1. The van der Waals surface area contributed by atoms with Gasteiger partial charge in [0.2, 0.25) is 0 Å². The number of aromatic nitrogens is 2. The van der Waals surface area contributed by atoms with Crippen molar-refractivity contribution in [3.05, 3.63) is 57.5 Å². The van der Waals surface area contributed by atoms with Crippen LogP contribution in [0.25, 0.3) is 4.96 Å². The number of nitrogens with zero attached hydrogens (tertiary/aromatic N) is 2. The summed E-state index contributed by atoms with van der Waals surface area (Å²) in [5.74, 6) is -1.12. The topological polar surface area (TPSA) is 72.7 Å². The molecule has 3 aromatic rings. The molecule has 1 aromatic carbocycles. The largest absolute Gasteiger partial charge is 0.573 e. The Hall–Kier alpha value is -2.88. The van der Waals surface area contributed by atoms with Gasteiger partial charge in [0, 0.05) is 23.0 Å². The quantitative estimate of drug-likeness (QED) is 0.769. The Morgan fingerprint density at radius 1 is 1.28 bits per heavy atom. The van der Waals surface area contributed by atoms with Crippen LogP contribution in [-0.4, -0.2) is 21.7 Å². The number of benzene rings is 1. The van der Waals surface area contributed by atoms with Crippen LogP contribution in [0.4, 0.5) is 18.9 Å². The Labute approximate surface area is 142 Å². The highest BCUT2D eigenvalue weighted by atomic mass is 32.1. The predicted molar refractivity (Wildman–Crippen MR) is 85.2 cm³/mol. The smallest absolute Gasteiger partial charge is 0.406 e. The van der Waals surface area contributed by atoms with Crippen molar-refractivity contribution in [2.45, 2.75) is 13.3 Å². The average molecular weight is 369 g/mol. The van der Waals surface area contributed by atoms with E-state index >= 15 is 0 Å². The molecule has 1 N–H and O–H groups in total. The van der Waals surface area contributed by atoms with E-state index in [9.17, 15) is 22.8 Å². The number of fused-ring (bicyclic) bond motifs is 1. The lowest BCUT2D eigenvalue weighted by molar-refractivity contribution is -0.274. The molecule has 2 heterocycles. The van der Waals surface area contributed by atoms with Crippen molar-refractivity contribution in [1.82, 2.24) is 9.38 Å². The number of thiazole rings is 1. The first-order valence-electron chi connectivity index (χ1n) is 6.87. The highest BCUT2D eigenvalue weighted by molar-refractivity contribution is 7.15. The fourth-order valence-corrected chi connectivity index (χ4v) is 2.95. The monoisotopic (exact) mass is 369 g/mol. The van der Waals surface area contributed by atoms with Crippen LogP contribution in [0.2, 0.25) is 0 Å². The van der Waals surface area contributed by atoms with Gasteiger partial charge in [-0.15, -0.1) is 24.5 Å². The van der Waals surface area contributed by atoms with Crippen LogP contribution in [0, 0.1) is 6.92 Å². The third-order valence-corrected chi connectivity index (χ3v) is 4.16. The molecule has 0 saturated carbocycles. The number of carbonyl (C=O) groups is 1. The molecule has 6 nitrogen and oxygen atoms in total. The second-order valence-corrected chi connectivity index (χ2v) is 5.83. The highest BCUT2D eigenvalue weighted by Gasteiger charge is 2.31. The van der Waals surface area contributed by atoms with Crippen LogP contribution in [0.1, 0.15) is 16.1 Å². The van der Waals surface area contributed by atoms with E-state index in [1.807, 2.05) is 0 Å². The number of halogens is 3. The Balaban J connectivity index is 1.82. The van der Waals surface area contributed by atoms with Gasteiger partial charge in [-0.2, -0.15) is 0 Å². The SMILES string of the molecule is Cc1csc2ncc(C(=O)Nc3ccc(OC(F)(F)F)cc3)c(=O)n12. The number of ether oxygens (including phenoxy) is 1. The molecule has 25 heavy (non-hydrogen) atoms. The van der Waals surface area contributed by atoms with E-state index < -0.39 is 23.6 Å². The summed E-state index contributed by atoms with van der Waals surface area (Å²) in [5.41, 5.74) is 0.180. The molecule has 130 valence electrons. The third-order valence-electron chi connectivity index (χ3n) is 3.21. The van der Waals surface area contributed by atoms with E-state index in [1.165, 1.54) is 34.1 Å². The summed E-state index contributed by atoms with van der Waals surface area (Å²) in [4.78, 5) is 29.2. The number of carbonyl (C=O) groups excluding carboxylic acids is 1. The second-order valence-electron chi connectivity index (χ2n) is 5.00. The van der Waals surface area contributed by atoms with E-state index in [0.29, 0.717) is 10.7 Å². The number of hydrogen-bond acceptors (Lipinski definition) is 5. The van der Waals surface area contributed by atoms with Gasteiger partial charge in [-0.05, 0) is 31.2 Å². The molecule has 0 spiro atoms. The van der Waals surface area contributed by atoms with Gasteiger partial charge >= 0.3 is 6.36 Å². The van der Waals surface area contributed by atoms with E-state index in [0.717, 1.165) is 12.1 Å². The minimum absolute atomic E-state index is 0.172. The first kappa shape index (κ1) is 17.0. The molecule has 0 aliphatic carbocycles. The van der Waals surface area contributed by atoms with E-state index in [1.54, 1.807) is 12.3 Å². The van der Waals surface area contributed by atoms with Crippen LogP contribution >= 0.6 is 11.3 Å². The Morgan fingerprint density at radius 3 is 2.60 bits per heavy atom. The van der Waals surface area contributed by atoms with Crippen molar-refractivity contribution in [2.24, 2.45) is 0 Å².